The summed E-state index contributed by atoms with van der Waals surface area (Å²) in [5.41, 5.74) is 10.4. The van der Waals surface area contributed by atoms with Crippen molar-refractivity contribution in [3.63, 3.8) is 0 Å². The van der Waals surface area contributed by atoms with Crippen LogP contribution in [0.25, 0.3) is 10.4 Å². The summed E-state index contributed by atoms with van der Waals surface area (Å²) in [5.74, 6) is 0.888. The molecule has 4 heteroatoms. The summed E-state index contributed by atoms with van der Waals surface area (Å²) < 4.78 is 5.33. The van der Waals surface area contributed by atoms with Crippen LogP contribution in [-0.2, 0) is 13.0 Å². The number of benzene rings is 1. The minimum atomic E-state index is 0.376. The molecule has 0 aliphatic carbocycles. The number of ether oxygens (including phenoxy) is 1. The maximum atomic E-state index is 8.25. The highest BCUT2D eigenvalue weighted by Gasteiger charge is 2.03. The van der Waals surface area contributed by atoms with Gasteiger partial charge in [-0.1, -0.05) is 30.6 Å². The van der Waals surface area contributed by atoms with E-state index in [9.17, 15) is 0 Å². The SMILES string of the molecule is CCCCc1ccc(CN=[N+]=[N-])cc1OC. The number of hydrogen-bond acceptors (Lipinski definition) is 2. The van der Waals surface area contributed by atoms with Crippen LogP contribution in [0, 0.1) is 0 Å². The monoisotopic (exact) mass is 219 g/mol. The van der Waals surface area contributed by atoms with Crippen LogP contribution in [0.15, 0.2) is 23.3 Å². The largest absolute Gasteiger partial charge is 0.496 e. The Kier molecular flexibility index (Phi) is 5.23. The van der Waals surface area contributed by atoms with Gasteiger partial charge in [-0.25, -0.2) is 0 Å². The molecule has 86 valence electrons. The van der Waals surface area contributed by atoms with Gasteiger partial charge in [0.1, 0.15) is 5.75 Å². The van der Waals surface area contributed by atoms with Crippen LogP contribution < -0.4 is 4.74 Å². The van der Waals surface area contributed by atoms with Gasteiger partial charge in [0.05, 0.1) is 13.7 Å². The second-order valence-electron chi connectivity index (χ2n) is 3.64. The fourth-order valence-electron chi connectivity index (χ4n) is 1.57. The van der Waals surface area contributed by atoms with Crippen molar-refractivity contribution in [2.24, 2.45) is 5.11 Å². The Morgan fingerprint density at radius 2 is 2.25 bits per heavy atom. The Morgan fingerprint density at radius 1 is 1.44 bits per heavy atom. The second-order valence-corrected chi connectivity index (χ2v) is 3.64. The van der Waals surface area contributed by atoms with Gasteiger partial charge < -0.3 is 4.74 Å². The van der Waals surface area contributed by atoms with E-state index in [-0.39, 0.29) is 0 Å². The lowest BCUT2D eigenvalue weighted by Crippen LogP contribution is -1.94. The lowest BCUT2D eigenvalue weighted by molar-refractivity contribution is 0.408. The highest BCUT2D eigenvalue weighted by atomic mass is 16.5. The van der Waals surface area contributed by atoms with Crippen LogP contribution in [0.4, 0.5) is 0 Å². The van der Waals surface area contributed by atoms with Crippen LogP contribution in [0.2, 0.25) is 0 Å². The zero-order chi connectivity index (χ0) is 11.8. The average molecular weight is 219 g/mol. The lowest BCUT2D eigenvalue weighted by Gasteiger charge is -2.09. The Hall–Kier alpha value is -1.67. The number of nitrogens with zero attached hydrogens (tertiary/aromatic N) is 3. The summed E-state index contributed by atoms with van der Waals surface area (Å²) in [6.07, 6.45) is 3.36. The van der Waals surface area contributed by atoms with E-state index in [1.54, 1.807) is 7.11 Å². The molecule has 0 aliphatic rings. The van der Waals surface area contributed by atoms with Crippen LogP contribution in [-0.4, -0.2) is 7.11 Å². The predicted molar refractivity (Wildman–Crippen MR) is 64.5 cm³/mol. The van der Waals surface area contributed by atoms with Gasteiger partial charge in [0.15, 0.2) is 0 Å². The number of unbranched alkanes of at least 4 members (excludes halogenated alkanes) is 1. The third-order valence-electron chi connectivity index (χ3n) is 2.47. The van der Waals surface area contributed by atoms with Gasteiger partial charge in [0.25, 0.3) is 0 Å². The minimum absolute atomic E-state index is 0.376. The highest BCUT2D eigenvalue weighted by molar-refractivity contribution is 5.37. The Bertz CT molecular complexity index is 384. The zero-order valence-electron chi connectivity index (χ0n) is 9.81. The molecule has 1 aromatic rings. The number of azide groups is 1. The summed E-state index contributed by atoms with van der Waals surface area (Å²) in [6.45, 7) is 2.55. The van der Waals surface area contributed by atoms with Gasteiger partial charge in [-0.2, -0.15) is 0 Å². The first-order chi connectivity index (χ1) is 7.81. The van der Waals surface area contributed by atoms with E-state index in [4.69, 9.17) is 10.3 Å². The summed E-state index contributed by atoms with van der Waals surface area (Å²) in [4.78, 5) is 2.74. The van der Waals surface area contributed by atoms with Crippen molar-refractivity contribution in [3.8, 4) is 5.75 Å². The maximum Gasteiger partial charge on any atom is 0.122 e. The Morgan fingerprint density at radius 3 is 2.88 bits per heavy atom. The van der Waals surface area contributed by atoms with Gasteiger partial charge in [0.2, 0.25) is 0 Å². The molecule has 1 rings (SSSR count). The fourth-order valence-corrected chi connectivity index (χ4v) is 1.57. The minimum Gasteiger partial charge on any atom is -0.496 e. The van der Waals surface area contributed by atoms with E-state index in [0.717, 1.165) is 24.2 Å². The molecule has 0 heterocycles. The summed E-state index contributed by atoms with van der Waals surface area (Å²) in [7, 11) is 1.67. The molecule has 4 nitrogen and oxygen atoms in total. The fraction of sp³-hybridized carbons (Fsp3) is 0.500. The summed E-state index contributed by atoms with van der Waals surface area (Å²) in [6, 6.07) is 5.98. The smallest absolute Gasteiger partial charge is 0.122 e. The first kappa shape index (κ1) is 12.4. The third kappa shape index (κ3) is 3.48. The molecular weight excluding hydrogens is 202 g/mol. The van der Waals surface area contributed by atoms with Crippen molar-refractivity contribution in [2.45, 2.75) is 32.7 Å². The molecule has 0 fully saturated rings. The summed E-state index contributed by atoms with van der Waals surface area (Å²) >= 11 is 0. The third-order valence-corrected chi connectivity index (χ3v) is 2.47. The predicted octanol–water partition coefficient (Wildman–Crippen LogP) is 3.85. The molecule has 0 amide bonds. The van der Waals surface area contributed by atoms with Gasteiger partial charge in [-0.3, -0.25) is 0 Å². The van der Waals surface area contributed by atoms with E-state index >= 15 is 0 Å². The van der Waals surface area contributed by atoms with Crippen molar-refractivity contribution in [3.05, 3.63) is 39.8 Å². The standard InChI is InChI=1S/C12H17N3O/c1-3-4-5-11-7-6-10(9-14-15-13)8-12(11)16-2/h6-8H,3-5,9H2,1-2H3. The van der Waals surface area contributed by atoms with E-state index in [2.05, 4.69) is 23.0 Å². The first-order valence-corrected chi connectivity index (χ1v) is 5.48. The number of aryl methyl sites for hydroxylation is 1. The molecule has 0 saturated heterocycles. The molecule has 0 unspecified atom stereocenters. The molecule has 0 radical (unpaired) electrons. The van der Waals surface area contributed by atoms with E-state index in [1.807, 2.05) is 12.1 Å². The van der Waals surface area contributed by atoms with Gasteiger partial charge >= 0.3 is 0 Å². The van der Waals surface area contributed by atoms with Gasteiger partial charge in [-0.15, -0.1) is 0 Å². The number of methoxy groups -OCH3 is 1. The summed E-state index contributed by atoms with van der Waals surface area (Å²) in [5, 5.41) is 3.53. The number of rotatable bonds is 6. The molecule has 0 aliphatic heterocycles. The van der Waals surface area contributed by atoms with Crippen LogP contribution in [0.1, 0.15) is 30.9 Å². The van der Waals surface area contributed by atoms with Crippen molar-refractivity contribution in [1.29, 1.82) is 0 Å². The molecule has 0 saturated carbocycles. The zero-order valence-corrected chi connectivity index (χ0v) is 9.81. The molecule has 0 spiro atoms. The van der Waals surface area contributed by atoms with Crippen LogP contribution in [0.5, 0.6) is 5.75 Å². The van der Waals surface area contributed by atoms with Gasteiger partial charge in [-0.05, 0) is 35.6 Å². The van der Waals surface area contributed by atoms with Crippen molar-refractivity contribution < 1.29 is 4.74 Å². The quantitative estimate of drug-likeness (QED) is 0.407. The second kappa shape index (κ2) is 6.75. The van der Waals surface area contributed by atoms with E-state index < -0.39 is 0 Å². The van der Waals surface area contributed by atoms with E-state index in [1.165, 1.54) is 12.0 Å². The maximum absolute atomic E-state index is 8.25. The first-order valence-electron chi connectivity index (χ1n) is 5.48. The Balaban J connectivity index is 2.83. The van der Waals surface area contributed by atoms with Crippen LogP contribution >= 0.6 is 0 Å². The highest BCUT2D eigenvalue weighted by Crippen LogP contribution is 2.22. The lowest BCUT2D eigenvalue weighted by atomic mass is 10.0. The molecule has 0 aromatic heterocycles. The number of hydrogen-bond donors (Lipinski definition) is 0. The molecular formula is C12H17N3O. The van der Waals surface area contributed by atoms with Crippen molar-refractivity contribution in [2.75, 3.05) is 7.11 Å². The molecule has 1 aromatic carbocycles. The molecule has 0 N–H and O–H groups in total. The molecule has 16 heavy (non-hydrogen) atoms. The normalized spacial score (nSPS) is 9.62. The van der Waals surface area contributed by atoms with Crippen molar-refractivity contribution in [1.82, 2.24) is 0 Å². The van der Waals surface area contributed by atoms with E-state index in [0.29, 0.717) is 6.54 Å². The molecule has 0 bridgehead atoms. The topological polar surface area (TPSA) is 58.0 Å². The molecule has 0 atom stereocenters. The Labute approximate surface area is 95.9 Å². The van der Waals surface area contributed by atoms with Gasteiger partial charge in [0, 0.05) is 4.91 Å². The van der Waals surface area contributed by atoms with Crippen LogP contribution in [0.3, 0.4) is 0 Å². The average Bonchev–Trinajstić information content (AvgIpc) is 2.34. The van der Waals surface area contributed by atoms with Crippen molar-refractivity contribution >= 4 is 0 Å².